The van der Waals surface area contributed by atoms with Crippen molar-refractivity contribution in [3.8, 4) is 0 Å². The lowest BCUT2D eigenvalue weighted by molar-refractivity contribution is -0.165. The number of imidazole rings is 1. The highest BCUT2D eigenvalue weighted by atomic mass is 19.4. The molecule has 1 rings (SSSR count). The Morgan fingerprint density at radius 2 is 2.07 bits per heavy atom. The number of hydrogen-bond acceptors (Lipinski definition) is 2. The Balaban J connectivity index is 3.14. The van der Waals surface area contributed by atoms with Gasteiger partial charge >= 0.3 is 11.9 Å². The van der Waals surface area contributed by atoms with Gasteiger partial charge in [-0.25, -0.2) is 4.79 Å². The highest BCUT2D eigenvalue weighted by molar-refractivity contribution is 4.87. The van der Waals surface area contributed by atoms with E-state index in [9.17, 15) is 18.0 Å². The van der Waals surface area contributed by atoms with Crippen LogP contribution in [-0.2, 0) is 7.05 Å². The summed E-state index contributed by atoms with van der Waals surface area (Å²) in [5.74, 6) is 0. The first-order valence-electron chi connectivity index (χ1n) is 3.88. The number of alkyl halides is 3. The number of nitrogens with two attached hydrogens (primary N) is 1. The molecule has 14 heavy (non-hydrogen) atoms. The van der Waals surface area contributed by atoms with Crippen LogP contribution in [0.15, 0.2) is 17.2 Å². The Hall–Kier alpha value is -1.24. The molecule has 0 bridgehead atoms. The van der Waals surface area contributed by atoms with Crippen molar-refractivity contribution in [3.05, 3.63) is 22.9 Å². The zero-order valence-corrected chi connectivity index (χ0v) is 7.45. The fraction of sp³-hybridized carbons (Fsp3) is 0.571. The van der Waals surface area contributed by atoms with E-state index in [1.54, 1.807) is 0 Å². The van der Waals surface area contributed by atoms with Crippen molar-refractivity contribution >= 4 is 0 Å². The first-order valence-corrected chi connectivity index (χ1v) is 3.88. The van der Waals surface area contributed by atoms with Crippen LogP contribution in [0.3, 0.4) is 0 Å². The Morgan fingerprint density at radius 1 is 1.50 bits per heavy atom. The molecule has 0 aliphatic heterocycles. The Morgan fingerprint density at radius 3 is 2.36 bits per heavy atom. The van der Waals surface area contributed by atoms with Gasteiger partial charge in [0.05, 0.1) is 0 Å². The minimum absolute atomic E-state index is 0.583. The first-order chi connectivity index (χ1) is 6.38. The van der Waals surface area contributed by atoms with Gasteiger partial charge in [-0.1, -0.05) is 0 Å². The summed E-state index contributed by atoms with van der Waals surface area (Å²) in [4.78, 5) is 11.2. The van der Waals surface area contributed by atoms with Crippen LogP contribution in [0.2, 0.25) is 0 Å². The van der Waals surface area contributed by atoms with E-state index >= 15 is 0 Å². The molecule has 1 heterocycles. The molecule has 0 saturated carbocycles. The molecule has 1 atom stereocenters. The van der Waals surface area contributed by atoms with Gasteiger partial charge in [-0.15, -0.1) is 0 Å². The maximum Gasteiger partial charge on any atom is 0.410 e. The zero-order valence-electron chi connectivity index (χ0n) is 7.45. The number of rotatable bonds is 2. The van der Waals surface area contributed by atoms with Crippen molar-refractivity contribution in [3.63, 3.8) is 0 Å². The predicted octanol–water partition coefficient (Wildman–Crippen LogP) is 0.249. The van der Waals surface area contributed by atoms with Gasteiger partial charge in [-0.3, -0.25) is 4.57 Å². The lowest BCUT2D eigenvalue weighted by Gasteiger charge is -2.18. The quantitative estimate of drug-likeness (QED) is 0.759. The van der Waals surface area contributed by atoms with Crippen LogP contribution in [-0.4, -0.2) is 21.9 Å². The fourth-order valence-corrected chi connectivity index (χ4v) is 1.12. The number of aromatic nitrogens is 2. The van der Waals surface area contributed by atoms with Crippen molar-refractivity contribution < 1.29 is 13.2 Å². The van der Waals surface area contributed by atoms with Crippen molar-refractivity contribution in [2.45, 2.75) is 12.2 Å². The molecule has 1 unspecified atom stereocenters. The molecule has 0 aliphatic rings. The maximum absolute atomic E-state index is 12.3. The summed E-state index contributed by atoms with van der Waals surface area (Å²) < 4.78 is 38.7. The molecule has 0 spiro atoms. The van der Waals surface area contributed by atoms with Crippen LogP contribution in [0.4, 0.5) is 13.2 Å². The number of aryl methyl sites for hydroxylation is 1. The summed E-state index contributed by atoms with van der Waals surface area (Å²) in [6, 6.07) is -1.95. The number of halogens is 3. The van der Waals surface area contributed by atoms with Gasteiger partial charge in [0.1, 0.15) is 6.04 Å². The van der Waals surface area contributed by atoms with E-state index in [0.717, 1.165) is 10.8 Å². The zero-order chi connectivity index (χ0) is 10.9. The van der Waals surface area contributed by atoms with E-state index in [-0.39, 0.29) is 0 Å². The lowest BCUT2D eigenvalue weighted by Crippen LogP contribution is -2.38. The van der Waals surface area contributed by atoms with Gasteiger partial charge in [-0.05, 0) is 0 Å². The topological polar surface area (TPSA) is 52.9 Å². The molecule has 0 radical (unpaired) electrons. The molecule has 1 aromatic heterocycles. The molecule has 0 aliphatic carbocycles. The van der Waals surface area contributed by atoms with Crippen molar-refractivity contribution in [1.82, 2.24) is 9.13 Å². The molecule has 80 valence electrons. The van der Waals surface area contributed by atoms with Crippen molar-refractivity contribution in [2.75, 3.05) is 6.54 Å². The van der Waals surface area contributed by atoms with Crippen LogP contribution in [0.5, 0.6) is 0 Å². The van der Waals surface area contributed by atoms with Gasteiger partial charge < -0.3 is 10.3 Å². The molecule has 0 saturated heterocycles. The summed E-state index contributed by atoms with van der Waals surface area (Å²) in [6.45, 7) is -0.645. The lowest BCUT2D eigenvalue weighted by atomic mass is 10.3. The van der Waals surface area contributed by atoms with E-state index in [1.165, 1.54) is 13.2 Å². The predicted molar refractivity (Wildman–Crippen MR) is 43.8 cm³/mol. The minimum atomic E-state index is -4.50. The summed E-state index contributed by atoms with van der Waals surface area (Å²) in [5.41, 5.74) is 4.26. The summed E-state index contributed by atoms with van der Waals surface area (Å²) >= 11 is 0. The second-order valence-electron chi connectivity index (χ2n) is 2.89. The van der Waals surface area contributed by atoms with Crippen molar-refractivity contribution in [1.29, 1.82) is 0 Å². The van der Waals surface area contributed by atoms with E-state index in [1.807, 2.05) is 0 Å². The molecular weight excluding hydrogens is 199 g/mol. The van der Waals surface area contributed by atoms with Crippen LogP contribution < -0.4 is 11.4 Å². The standard InChI is InChI=1S/C7H10F3N3O/c1-12-2-3-13(6(12)14)5(4-11)7(8,9)10/h2-3,5H,4,11H2,1H3. The second kappa shape index (κ2) is 3.49. The molecule has 2 N–H and O–H groups in total. The molecule has 1 aromatic rings. The van der Waals surface area contributed by atoms with Crippen LogP contribution in [0.1, 0.15) is 6.04 Å². The molecule has 0 fully saturated rings. The molecule has 7 heteroatoms. The maximum atomic E-state index is 12.3. The fourth-order valence-electron chi connectivity index (χ4n) is 1.12. The monoisotopic (exact) mass is 209 g/mol. The summed E-state index contributed by atoms with van der Waals surface area (Å²) in [5, 5.41) is 0. The van der Waals surface area contributed by atoms with Gasteiger partial charge in [0.2, 0.25) is 0 Å². The summed E-state index contributed by atoms with van der Waals surface area (Å²) in [6.07, 6.45) is -2.16. The van der Waals surface area contributed by atoms with Gasteiger partial charge in [0.15, 0.2) is 0 Å². The SMILES string of the molecule is Cn1ccn(C(CN)C(F)(F)F)c1=O. The molecule has 0 amide bonds. The summed E-state index contributed by atoms with van der Waals surface area (Å²) in [7, 11) is 1.38. The van der Waals surface area contributed by atoms with Crippen LogP contribution in [0.25, 0.3) is 0 Å². The Kier molecular flexibility index (Phi) is 2.70. The second-order valence-corrected chi connectivity index (χ2v) is 2.89. The number of nitrogens with zero attached hydrogens (tertiary/aromatic N) is 2. The van der Waals surface area contributed by atoms with E-state index in [0.29, 0.717) is 4.57 Å². The smallest absolute Gasteiger partial charge is 0.328 e. The average molecular weight is 209 g/mol. The highest BCUT2D eigenvalue weighted by Crippen LogP contribution is 2.28. The van der Waals surface area contributed by atoms with Gasteiger partial charge in [0.25, 0.3) is 0 Å². The minimum Gasteiger partial charge on any atom is -0.328 e. The largest absolute Gasteiger partial charge is 0.410 e. The average Bonchev–Trinajstić information content (AvgIpc) is 2.35. The molecule has 0 aromatic carbocycles. The van der Waals surface area contributed by atoms with Crippen LogP contribution in [0, 0.1) is 0 Å². The van der Waals surface area contributed by atoms with Gasteiger partial charge in [-0.2, -0.15) is 13.2 Å². The third-order valence-electron chi connectivity index (χ3n) is 1.91. The van der Waals surface area contributed by atoms with Gasteiger partial charge in [0, 0.05) is 26.0 Å². The molecular formula is C7H10F3N3O. The first kappa shape index (κ1) is 10.8. The van der Waals surface area contributed by atoms with E-state index in [2.05, 4.69) is 0 Å². The number of hydrogen-bond donors (Lipinski definition) is 1. The van der Waals surface area contributed by atoms with E-state index in [4.69, 9.17) is 5.73 Å². The van der Waals surface area contributed by atoms with Crippen molar-refractivity contribution in [2.24, 2.45) is 12.8 Å². The Labute approximate surface area is 77.7 Å². The molecule has 4 nitrogen and oxygen atoms in total. The van der Waals surface area contributed by atoms with Crippen LogP contribution >= 0.6 is 0 Å². The third kappa shape index (κ3) is 1.82. The highest BCUT2D eigenvalue weighted by Gasteiger charge is 2.40. The normalized spacial score (nSPS) is 14.4. The Bertz CT molecular complexity index is 365. The van der Waals surface area contributed by atoms with E-state index < -0.39 is 24.5 Å². The third-order valence-corrected chi connectivity index (χ3v) is 1.91.